The Morgan fingerprint density at radius 2 is 2.20 bits per heavy atom. The van der Waals surface area contributed by atoms with Crippen molar-refractivity contribution in [3.63, 3.8) is 0 Å². The minimum Gasteiger partial charge on any atom is -0.481 e. The summed E-state index contributed by atoms with van der Waals surface area (Å²) in [5, 5.41) is 0. The number of nitrogens with one attached hydrogen (secondary N) is 1. The fraction of sp³-hybridized carbons (Fsp3) is 0.333. The van der Waals surface area contributed by atoms with Crippen LogP contribution in [-0.4, -0.2) is 37.0 Å². The lowest BCUT2D eigenvalue weighted by Crippen LogP contribution is -2.21. The summed E-state index contributed by atoms with van der Waals surface area (Å²) in [5.74, 6) is 0.936. The third kappa shape index (κ3) is 2.95. The molecule has 0 aromatic carbocycles. The zero-order valence-corrected chi connectivity index (χ0v) is 10.9. The van der Waals surface area contributed by atoms with Gasteiger partial charge in [-0.2, -0.15) is 4.98 Å². The zero-order chi connectivity index (χ0) is 11.4. The maximum absolute atomic E-state index is 11.7. The summed E-state index contributed by atoms with van der Waals surface area (Å²) in [6, 6.07) is 3.29. The van der Waals surface area contributed by atoms with E-state index in [0.29, 0.717) is 17.3 Å². The summed E-state index contributed by atoms with van der Waals surface area (Å²) in [5.41, 5.74) is 0.547. The van der Waals surface area contributed by atoms with E-state index in [2.05, 4.69) is 8.51 Å². The molecule has 0 bridgehead atoms. The number of rotatable bonds is 3. The summed E-state index contributed by atoms with van der Waals surface area (Å²) in [6.07, 6.45) is 0. The van der Waals surface area contributed by atoms with Crippen LogP contribution in [0.1, 0.15) is 10.4 Å². The molecule has 1 amide bonds. The molecule has 1 N–H and O–H groups in total. The standard InChI is InChI=1S/C9H12IN3O2/c1-13(2)9(14)6-4-7(12-10)11-8(5-6)15-3/h4-5H,1-3H3,(H,11,12). The highest BCUT2D eigenvalue weighted by molar-refractivity contribution is 14.1. The van der Waals surface area contributed by atoms with Crippen LogP contribution in [0.2, 0.25) is 0 Å². The number of ether oxygens (including phenoxy) is 1. The van der Waals surface area contributed by atoms with Crippen molar-refractivity contribution in [1.82, 2.24) is 9.88 Å². The Morgan fingerprint density at radius 1 is 1.53 bits per heavy atom. The molecule has 1 aromatic rings. The zero-order valence-electron chi connectivity index (χ0n) is 8.74. The van der Waals surface area contributed by atoms with E-state index in [1.165, 1.54) is 12.0 Å². The van der Waals surface area contributed by atoms with Crippen molar-refractivity contribution < 1.29 is 9.53 Å². The van der Waals surface area contributed by atoms with Gasteiger partial charge in [0.05, 0.1) is 30.0 Å². The summed E-state index contributed by atoms with van der Waals surface area (Å²) < 4.78 is 7.85. The topological polar surface area (TPSA) is 54.5 Å². The molecular weight excluding hydrogens is 309 g/mol. The number of hydrogen-bond donors (Lipinski definition) is 1. The van der Waals surface area contributed by atoms with Crippen molar-refractivity contribution >= 4 is 34.6 Å². The third-order valence-corrected chi connectivity index (χ3v) is 2.31. The molecule has 82 valence electrons. The maximum Gasteiger partial charge on any atom is 0.253 e. The molecule has 1 rings (SSSR count). The van der Waals surface area contributed by atoms with Crippen LogP contribution in [0.15, 0.2) is 12.1 Å². The lowest BCUT2D eigenvalue weighted by molar-refractivity contribution is 0.0827. The fourth-order valence-electron chi connectivity index (χ4n) is 1.04. The maximum atomic E-state index is 11.7. The molecule has 15 heavy (non-hydrogen) atoms. The summed E-state index contributed by atoms with van der Waals surface area (Å²) in [7, 11) is 4.92. The van der Waals surface area contributed by atoms with Gasteiger partial charge in [0.15, 0.2) is 0 Å². The number of halogens is 1. The van der Waals surface area contributed by atoms with Gasteiger partial charge in [-0.25, -0.2) is 0 Å². The Morgan fingerprint density at radius 3 is 2.67 bits per heavy atom. The van der Waals surface area contributed by atoms with E-state index in [0.717, 1.165) is 0 Å². The van der Waals surface area contributed by atoms with Crippen LogP contribution in [0.25, 0.3) is 0 Å². The number of pyridine rings is 1. The normalized spacial score (nSPS) is 9.60. The molecule has 0 aliphatic heterocycles. The molecule has 0 aliphatic rings. The van der Waals surface area contributed by atoms with E-state index in [1.54, 1.807) is 26.2 Å². The van der Waals surface area contributed by atoms with Gasteiger partial charge in [0, 0.05) is 25.7 Å². The molecule has 0 spiro atoms. The number of methoxy groups -OCH3 is 1. The molecule has 0 aliphatic carbocycles. The monoisotopic (exact) mass is 321 g/mol. The van der Waals surface area contributed by atoms with Crippen LogP contribution in [0.4, 0.5) is 5.82 Å². The minimum absolute atomic E-state index is 0.0800. The first-order valence-electron chi connectivity index (χ1n) is 4.23. The lowest BCUT2D eigenvalue weighted by Gasteiger charge is -2.11. The fourth-order valence-corrected chi connectivity index (χ4v) is 1.32. The van der Waals surface area contributed by atoms with Crippen LogP contribution in [-0.2, 0) is 0 Å². The van der Waals surface area contributed by atoms with Gasteiger partial charge in [-0.1, -0.05) is 0 Å². The van der Waals surface area contributed by atoms with E-state index < -0.39 is 0 Å². The molecule has 1 aromatic heterocycles. The smallest absolute Gasteiger partial charge is 0.253 e. The van der Waals surface area contributed by atoms with Crippen LogP contribution >= 0.6 is 22.9 Å². The highest BCUT2D eigenvalue weighted by atomic mass is 127. The predicted molar refractivity (Wildman–Crippen MR) is 66.4 cm³/mol. The molecular formula is C9H12IN3O2. The Kier molecular flexibility index (Phi) is 4.13. The number of aromatic nitrogens is 1. The van der Waals surface area contributed by atoms with Crippen LogP contribution in [0.5, 0.6) is 5.88 Å². The van der Waals surface area contributed by atoms with Crippen molar-refractivity contribution in [2.45, 2.75) is 0 Å². The van der Waals surface area contributed by atoms with Gasteiger partial charge in [0.25, 0.3) is 5.91 Å². The van der Waals surface area contributed by atoms with Gasteiger partial charge in [-0.05, 0) is 6.07 Å². The van der Waals surface area contributed by atoms with Gasteiger partial charge in [0.1, 0.15) is 5.82 Å². The number of nitrogens with zero attached hydrogens (tertiary/aromatic N) is 2. The second-order valence-electron chi connectivity index (χ2n) is 3.08. The Labute approximate surface area is 102 Å². The Bertz CT molecular complexity index is 346. The first kappa shape index (κ1) is 12.0. The number of amides is 1. The van der Waals surface area contributed by atoms with Crippen molar-refractivity contribution in [3.8, 4) is 5.88 Å². The van der Waals surface area contributed by atoms with E-state index in [9.17, 15) is 4.79 Å². The minimum atomic E-state index is -0.0800. The Hall–Kier alpha value is -1.05. The molecule has 0 radical (unpaired) electrons. The van der Waals surface area contributed by atoms with Crippen molar-refractivity contribution in [2.24, 2.45) is 0 Å². The van der Waals surface area contributed by atoms with Crippen molar-refractivity contribution in [3.05, 3.63) is 17.7 Å². The number of carbonyl (C=O) groups excluding carboxylic acids is 1. The van der Waals surface area contributed by atoms with Crippen molar-refractivity contribution in [1.29, 1.82) is 0 Å². The highest BCUT2D eigenvalue weighted by Crippen LogP contribution is 2.17. The summed E-state index contributed by atoms with van der Waals surface area (Å²) in [6.45, 7) is 0. The summed E-state index contributed by atoms with van der Waals surface area (Å²) >= 11 is 1.95. The molecule has 0 fully saturated rings. The van der Waals surface area contributed by atoms with Gasteiger partial charge in [-0.15, -0.1) is 0 Å². The SMILES string of the molecule is COc1cc(C(=O)N(C)C)cc(NI)n1. The van der Waals surface area contributed by atoms with Gasteiger partial charge in [0.2, 0.25) is 5.88 Å². The van der Waals surface area contributed by atoms with Gasteiger partial charge < -0.3 is 13.2 Å². The Balaban J connectivity index is 3.12. The number of hydrogen-bond acceptors (Lipinski definition) is 4. The first-order valence-corrected chi connectivity index (χ1v) is 5.30. The molecule has 0 atom stereocenters. The molecule has 0 saturated heterocycles. The van der Waals surface area contributed by atoms with E-state index in [-0.39, 0.29) is 5.91 Å². The average Bonchev–Trinajstić information content (AvgIpc) is 2.27. The molecule has 6 heteroatoms. The van der Waals surface area contributed by atoms with E-state index in [4.69, 9.17) is 4.74 Å². The van der Waals surface area contributed by atoms with Crippen molar-refractivity contribution in [2.75, 3.05) is 24.7 Å². The van der Waals surface area contributed by atoms with Gasteiger partial charge in [-0.3, -0.25) is 4.79 Å². The quantitative estimate of drug-likeness (QED) is 0.678. The molecule has 0 saturated carbocycles. The molecule has 1 heterocycles. The third-order valence-electron chi connectivity index (χ3n) is 1.76. The highest BCUT2D eigenvalue weighted by Gasteiger charge is 2.11. The first-order chi connectivity index (χ1) is 7.08. The number of anilines is 1. The van der Waals surface area contributed by atoms with Gasteiger partial charge >= 0.3 is 0 Å². The number of carbonyl (C=O) groups is 1. The van der Waals surface area contributed by atoms with Crippen LogP contribution < -0.4 is 8.27 Å². The second kappa shape index (κ2) is 5.15. The largest absolute Gasteiger partial charge is 0.481 e. The van der Waals surface area contributed by atoms with Crippen LogP contribution in [0.3, 0.4) is 0 Å². The average molecular weight is 321 g/mol. The predicted octanol–water partition coefficient (Wildman–Crippen LogP) is 1.55. The van der Waals surface area contributed by atoms with Crippen LogP contribution in [0, 0.1) is 0 Å². The molecule has 5 nitrogen and oxygen atoms in total. The van der Waals surface area contributed by atoms with E-state index >= 15 is 0 Å². The molecule has 0 unspecified atom stereocenters. The second-order valence-corrected chi connectivity index (χ2v) is 3.62. The van der Waals surface area contributed by atoms with E-state index in [1.807, 2.05) is 22.9 Å². The summed E-state index contributed by atoms with van der Waals surface area (Å²) in [4.78, 5) is 17.3. The lowest BCUT2D eigenvalue weighted by atomic mass is 10.2.